The van der Waals surface area contributed by atoms with Gasteiger partial charge < -0.3 is 10.2 Å². The van der Waals surface area contributed by atoms with Crippen LogP contribution in [-0.4, -0.2) is 50.0 Å². The minimum Gasteiger partial charge on any atom is -0.352 e. The quantitative estimate of drug-likeness (QED) is 0.416. The number of nitrogens with zero attached hydrogens (tertiary/aromatic N) is 2. The van der Waals surface area contributed by atoms with Crippen molar-refractivity contribution in [3.8, 4) is 0 Å². The van der Waals surface area contributed by atoms with Gasteiger partial charge in [0.25, 0.3) is 0 Å². The molecule has 0 aliphatic heterocycles. The maximum atomic E-state index is 13.8. The van der Waals surface area contributed by atoms with Gasteiger partial charge in [0.1, 0.15) is 12.6 Å². The second-order valence-electron chi connectivity index (χ2n) is 9.34. The number of nitrogens with one attached hydrogen (secondary N) is 1. The Morgan fingerprint density at radius 1 is 0.972 bits per heavy atom. The van der Waals surface area contributed by atoms with Crippen molar-refractivity contribution in [2.75, 3.05) is 17.1 Å². The highest BCUT2D eigenvalue weighted by Crippen LogP contribution is 2.29. The number of sulfonamides is 1. The molecule has 7 nitrogen and oxygen atoms in total. The monoisotopic (exact) mass is 535 g/mol. The third-order valence-electron chi connectivity index (χ3n) is 6.19. The minimum atomic E-state index is -3.80. The van der Waals surface area contributed by atoms with E-state index in [1.165, 1.54) is 4.90 Å². The van der Waals surface area contributed by atoms with Crippen molar-refractivity contribution in [1.29, 1.82) is 0 Å². The second kappa shape index (κ2) is 13.1. The van der Waals surface area contributed by atoms with Crippen LogP contribution < -0.4 is 9.62 Å². The van der Waals surface area contributed by atoms with Crippen LogP contribution in [0, 0.1) is 0 Å². The molecule has 0 bridgehead atoms. The van der Waals surface area contributed by atoms with Crippen LogP contribution in [0.25, 0.3) is 0 Å². The molecule has 2 aromatic rings. The number of halogens is 1. The number of anilines is 1. The topological polar surface area (TPSA) is 86.8 Å². The van der Waals surface area contributed by atoms with Crippen LogP contribution >= 0.6 is 11.6 Å². The average molecular weight is 536 g/mol. The summed E-state index contributed by atoms with van der Waals surface area (Å²) >= 11 is 6.39. The Hall–Kier alpha value is -2.58. The van der Waals surface area contributed by atoms with E-state index in [0.717, 1.165) is 22.5 Å². The summed E-state index contributed by atoms with van der Waals surface area (Å²) in [5.41, 5.74) is 1.95. The van der Waals surface area contributed by atoms with Crippen LogP contribution in [0.5, 0.6) is 0 Å². The third kappa shape index (κ3) is 7.71. The van der Waals surface area contributed by atoms with E-state index in [1.807, 2.05) is 52.8 Å². The summed E-state index contributed by atoms with van der Waals surface area (Å²) in [6.45, 7) is 9.28. The van der Waals surface area contributed by atoms with E-state index >= 15 is 0 Å². The zero-order chi connectivity index (χ0) is 27.0. The lowest BCUT2D eigenvalue weighted by molar-refractivity contribution is -0.140. The molecule has 0 fully saturated rings. The second-order valence-corrected chi connectivity index (χ2v) is 11.7. The highest BCUT2D eigenvalue weighted by atomic mass is 35.5. The molecule has 0 unspecified atom stereocenters. The summed E-state index contributed by atoms with van der Waals surface area (Å²) < 4.78 is 26.9. The lowest BCUT2D eigenvalue weighted by atomic mass is 10.0. The molecule has 198 valence electrons. The summed E-state index contributed by atoms with van der Waals surface area (Å²) in [4.78, 5) is 28.5. The first-order valence-corrected chi connectivity index (χ1v) is 14.5. The molecule has 2 aromatic carbocycles. The number of carbonyl (C=O) groups excluding carboxylic acids is 2. The van der Waals surface area contributed by atoms with Crippen LogP contribution in [0.2, 0.25) is 5.02 Å². The van der Waals surface area contributed by atoms with Gasteiger partial charge >= 0.3 is 0 Å². The maximum absolute atomic E-state index is 13.8. The van der Waals surface area contributed by atoms with Crippen LogP contribution in [0.1, 0.15) is 64.5 Å². The van der Waals surface area contributed by atoms with Crippen molar-refractivity contribution in [3.05, 3.63) is 64.7 Å². The zero-order valence-corrected chi connectivity index (χ0v) is 23.6. The number of para-hydroxylation sites is 1. The zero-order valence-electron chi connectivity index (χ0n) is 22.0. The number of carbonyl (C=O) groups is 2. The molecule has 0 saturated carbocycles. The Kier molecular flexibility index (Phi) is 10.8. The van der Waals surface area contributed by atoms with E-state index in [0.29, 0.717) is 22.7 Å². The Balaban J connectivity index is 2.52. The SMILES string of the molecule is CC[C@H](C(=O)N[C@@H](C)CC)N(Cc1ccccc1Cl)C(=O)CN(c1ccccc1C(C)C)S(C)(=O)=O. The van der Waals surface area contributed by atoms with E-state index in [4.69, 9.17) is 11.6 Å². The van der Waals surface area contributed by atoms with Crippen LogP contribution in [0.3, 0.4) is 0 Å². The van der Waals surface area contributed by atoms with Gasteiger partial charge in [-0.3, -0.25) is 13.9 Å². The predicted octanol–water partition coefficient (Wildman–Crippen LogP) is 4.95. The fourth-order valence-corrected chi connectivity index (χ4v) is 5.03. The Morgan fingerprint density at radius 3 is 2.14 bits per heavy atom. The summed E-state index contributed by atoms with van der Waals surface area (Å²) in [5.74, 6) is -0.713. The summed E-state index contributed by atoms with van der Waals surface area (Å²) in [6, 6.07) is 13.4. The molecule has 0 aliphatic carbocycles. The van der Waals surface area contributed by atoms with Crippen molar-refractivity contribution in [2.45, 2.75) is 72.0 Å². The average Bonchev–Trinajstić information content (AvgIpc) is 2.82. The standard InChI is InChI=1S/C27H38ClN3O4S/c1-7-20(5)29-27(33)24(8-2)30(17-21-13-9-11-15-23(21)28)26(32)18-31(36(6,34)35)25-16-12-10-14-22(25)19(3)4/h9-16,19-20,24H,7-8,17-18H2,1-6H3,(H,29,33)/t20-,24+/m0/s1. The molecule has 0 aromatic heterocycles. The Morgan fingerprint density at radius 2 is 1.58 bits per heavy atom. The first-order chi connectivity index (χ1) is 16.9. The Bertz CT molecular complexity index is 1150. The van der Waals surface area contributed by atoms with Gasteiger partial charge in [-0.25, -0.2) is 8.42 Å². The lowest BCUT2D eigenvalue weighted by Gasteiger charge is -2.34. The maximum Gasteiger partial charge on any atom is 0.244 e. The van der Waals surface area contributed by atoms with E-state index in [2.05, 4.69) is 5.32 Å². The van der Waals surface area contributed by atoms with Gasteiger partial charge in [0.15, 0.2) is 0 Å². The molecular formula is C27H38ClN3O4S. The third-order valence-corrected chi connectivity index (χ3v) is 7.69. The number of amides is 2. The van der Waals surface area contributed by atoms with Gasteiger partial charge in [-0.2, -0.15) is 0 Å². The normalized spacial score (nSPS) is 13.2. The van der Waals surface area contributed by atoms with Crippen molar-refractivity contribution >= 4 is 39.1 Å². The van der Waals surface area contributed by atoms with Crippen molar-refractivity contribution < 1.29 is 18.0 Å². The molecule has 2 amide bonds. The Labute approximate surface area is 220 Å². The number of benzene rings is 2. The number of hydrogen-bond acceptors (Lipinski definition) is 4. The van der Waals surface area contributed by atoms with Crippen molar-refractivity contribution in [2.24, 2.45) is 0 Å². The minimum absolute atomic E-state index is 0.0458. The van der Waals surface area contributed by atoms with E-state index in [1.54, 1.807) is 30.3 Å². The largest absolute Gasteiger partial charge is 0.352 e. The molecular weight excluding hydrogens is 498 g/mol. The first-order valence-electron chi connectivity index (χ1n) is 12.3. The molecule has 0 heterocycles. The van der Waals surface area contributed by atoms with Gasteiger partial charge in [0.2, 0.25) is 21.8 Å². The fourth-order valence-electron chi connectivity index (χ4n) is 3.97. The van der Waals surface area contributed by atoms with Crippen LogP contribution in [-0.2, 0) is 26.2 Å². The highest BCUT2D eigenvalue weighted by molar-refractivity contribution is 7.92. The molecule has 0 saturated heterocycles. The fraction of sp³-hybridized carbons (Fsp3) is 0.481. The molecule has 36 heavy (non-hydrogen) atoms. The molecule has 0 radical (unpaired) electrons. The van der Waals surface area contributed by atoms with Gasteiger partial charge in [-0.15, -0.1) is 0 Å². The van der Waals surface area contributed by atoms with Crippen molar-refractivity contribution in [1.82, 2.24) is 10.2 Å². The van der Waals surface area contributed by atoms with Gasteiger partial charge in [0, 0.05) is 17.6 Å². The van der Waals surface area contributed by atoms with Crippen LogP contribution in [0.15, 0.2) is 48.5 Å². The van der Waals surface area contributed by atoms with Crippen LogP contribution in [0.4, 0.5) is 5.69 Å². The lowest BCUT2D eigenvalue weighted by Crippen LogP contribution is -2.53. The summed E-state index contributed by atoms with van der Waals surface area (Å²) in [6.07, 6.45) is 2.19. The molecule has 2 atom stereocenters. The molecule has 0 spiro atoms. The first kappa shape index (κ1) is 29.6. The number of rotatable bonds is 12. The predicted molar refractivity (Wildman–Crippen MR) is 147 cm³/mol. The molecule has 9 heteroatoms. The van der Waals surface area contributed by atoms with Gasteiger partial charge in [0.05, 0.1) is 11.9 Å². The summed E-state index contributed by atoms with van der Waals surface area (Å²) in [7, 11) is -3.80. The summed E-state index contributed by atoms with van der Waals surface area (Å²) in [5, 5.41) is 3.43. The van der Waals surface area contributed by atoms with E-state index in [9.17, 15) is 18.0 Å². The van der Waals surface area contributed by atoms with Crippen molar-refractivity contribution in [3.63, 3.8) is 0 Å². The molecule has 2 rings (SSSR count). The smallest absolute Gasteiger partial charge is 0.244 e. The highest BCUT2D eigenvalue weighted by Gasteiger charge is 2.33. The molecule has 0 aliphatic rings. The van der Waals surface area contributed by atoms with E-state index < -0.39 is 28.5 Å². The van der Waals surface area contributed by atoms with Gasteiger partial charge in [-0.1, -0.05) is 75.7 Å². The number of hydrogen-bond donors (Lipinski definition) is 1. The molecule has 1 N–H and O–H groups in total. The van der Waals surface area contributed by atoms with E-state index in [-0.39, 0.29) is 24.4 Å². The van der Waals surface area contributed by atoms with Gasteiger partial charge in [-0.05, 0) is 48.9 Å².